The minimum Gasteiger partial charge on any atom is -0.409 e. The molecule has 3 N–H and O–H groups in total. The van der Waals surface area contributed by atoms with Crippen molar-refractivity contribution in [2.75, 3.05) is 13.1 Å². The lowest BCUT2D eigenvalue weighted by atomic mass is 10.2. The minimum atomic E-state index is 0.227. The van der Waals surface area contributed by atoms with Crippen LogP contribution in [0.5, 0.6) is 0 Å². The predicted octanol–water partition coefficient (Wildman–Crippen LogP) is 2.95. The van der Waals surface area contributed by atoms with E-state index in [0.717, 1.165) is 12.1 Å². The number of nitrogens with zero attached hydrogens (tertiary/aromatic N) is 2. The van der Waals surface area contributed by atoms with Gasteiger partial charge in [-0.05, 0) is 18.2 Å². The van der Waals surface area contributed by atoms with Crippen molar-refractivity contribution in [1.29, 1.82) is 0 Å². The van der Waals surface area contributed by atoms with Crippen LogP contribution in [0.3, 0.4) is 0 Å². The maximum absolute atomic E-state index is 8.50. The highest BCUT2D eigenvalue weighted by Crippen LogP contribution is 2.26. The van der Waals surface area contributed by atoms with Crippen LogP contribution in [-0.2, 0) is 6.54 Å². The standard InChI is InChI=1S/C12H17Cl2N3O/c1-2-17(7-6-11(15)16-18)8-9-4-3-5-10(13)12(9)14/h3-5,18H,2,6-8H2,1H3,(H2,15,16). The van der Waals surface area contributed by atoms with Crippen LogP contribution in [-0.4, -0.2) is 29.0 Å². The van der Waals surface area contributed by atoms with Gasteiger partial charge in [-0.2, -0.15) is 0 Å². The van der Waals surface area contributed by atoms with Gasteiger partial charge >= 0.3 is 0 Å². The lowest BCUT2D eigenvalue weighted by Crippen LogP contribution is -2.28. The molecule has 0 fully saturated rings. The minimum absolute atomic E-state index is 0.227. The van der Waals surface area contributed by atoms with E-state index in [2.05, 4.69) is 10.1 Å². The fourth-order valence-corrected chi connectivity index (χ4v) is 1.96. The van der Waals surface area contributed by atoms with Crippen molar-refractivity contribution in [1.82, 2.24) is 4.90 Å². The van der Waals surface area contributed by atoms with Crippen LogP contribution < -0.4 is 5.73 Å². The maximum Gasteiger partial charge on any atom is 0.140 e. The van der Waals surface area contributed by atoms with E-state index in [-0.39, 0.29) is 5.84 Å². The van der Waals surface area contributed by atoms with E-state index in [4.69, 9.17) is 34.1 Å². The first-order valence-corrected chi connectivity index (χ1v) is 6.45. The molecule has 0 saturated heterocycles. The van der Waals surface area contributed by atoms with E-state index in [0.29, 0.717) is 29.6 Å². The summed E-state index contributed by atoms with van der Waals surface area (Å²) in [5, 5.41) is 12.6. The third-order valence-electron chi connectivity index (χ3n) is 2.69. The molecule has 1 rings (SSSR count). The third-order valence-corrected chi connectivity index (χ3v) is 3.54. The maximum atomic E-state index is 8.50. The monoisotopic (exact) mass is 289 g/mol. The van der Waals surface area contributed by atoms with Crippen molar-refractivity contribution >= 4 is 29.0 Å². The Hall–Kier alpha value is -0.970. The fraction of sp³-hybridized carbons (Fsp3) is 0.417. The Balaban J connectivity index is 2.65. The molecule has 0 saturated carbocycles. The van der Waals surface area contributed by atoms with Crippen LogP contribution in [0.2, 0.25) is 10.0 Å². The van der Waals surface area contributed by atoms with E-state index in [9.17, 15) is 0 Å². The molecule has 4 nitrogen and oxygen atoms in total. The molecule has 0 aliphatic carbocycles. The van der Waals surface area contributed by atoms with Gasteiger partial charge in [0.05, 0.1) is 10.0 Å². The van der Waals surface area contributed by atoms with Crippen molar-refractivity contribution in [3.8, 4) is 0 Å². The zero-order valence-corrected chi connectivity index (χ0v) is 11.7. The molecule has 6 heteroatoms. The van der Waals surface area contributed by atoms with Gasteiger partial charge < -0.3 is 10.9 Å². The molecule has 0 aliphatic rings. The second-order valence-electron chi connectivity index (χ2n) is 3.92. The molecule has 0 spiro atoms. The molecule has 1 aromatic rings. The van der Waals surface area contributed by atoms with Gasteiger partial charge in [0.15, 0.2) is 0 Å². The first-order valence-electron chi connectivity index (χ1n) is 5.70. The summed E-state index contributed by atoms with van der Waals surface area (Å²) in [5.74, 6) is 0.227. The average Bonchev–Trinajstić information content (AvgIpc) is 2.38. The fourth-order valence-electron chi connectivity index (χ4n) is 1.58. The Morgan fingerprint density at radius 1 is 1.44 bits per heavy atom. The second-order valence-corrected chi connectivity index (χ2v) is 4.71. The molecule has 18 heavy (non-hydrogen) atoms. The number of hydrogen-bond donors (Lipinski definition) is 2. The third kappa shape index (κ3) is 4.37. The topological polar surface area (TPSA) is 61.8 Å². The van der Waals surface area contributed by atoms with Crippen LogP contribution in [0, 0.1) is 0 Å². The van der Waals surface area contributed by atoms with Gasteiger partial charge in [0.2, 0.25) is 0 Å². The number of benzene rings is 1. The van der Waals surface area contributed by atoms with Crippen LogP contribution in [0.15, 0.2) is 23.4 Å². The first kappa shape index (κ1) is 15.1. The highest BCUT2D eigenvalue weighted by molar-refractivity contribution is 6.42. The molecule has 1 aromatic carbocycles. The zero-order chi connectivity index (χ0) is 13.5. The van der Waals surface area contributed by atoms with Crippen LogP contribution >= 0.6 is 23.2 Å². The summed E-state index contributed by atoms with van der Waals surface area (Å²) in [4.78, 5) is 2.15. The molecule has 0 aromatic heterocycles. The molecule has 0 amide bonds. The molecular weight excluding hydrogens is 273 g/mol. The quantitative estimate of drug-likeness (QED) is 0.366. The second kappa shape index (κ2) is 7.46. The Labute approximate surface area is 117 Å². The van der Waals surface area contributed by atoms with Crippen LogP contribution in [0.25, 0.3) is 0 Å². The van der Waals surface area contributed by atoms with Crippen molar-refractivity contribution in [3.63, 3.8) is 0 Å². The summed E-state index contributed by atoms with van der Waals surface area (Å²) >= 11 is 12.1. The predicted molar refractivity (Wildman–Crippen MR) is 75.4 cm³/mol. The molecule has 100 valence electrons. The van der Waals surface area contributed by atoms with E-state index in [1.807, 2.05) is 19.1 Å². The number of halogens is 2. The highest BCUT2D eigenvalue weighted by Gasteiger charge is 2.09. The first-order chi connectivity index (χ1) is 8.58. The van der Waals surface area contributed by atoms with Gasteiger partial charge in [-0.15, -0.1) is 0 Å². The summed E-state index contributed by atoms with van der Waals surface area (Å²) in [5.41, 5.74) is 6.43. The Kier molecular flexibility index (Phi) is 6.25. The van der Waals surface area contributed by atoms with Crippen LogP contribution in [0.4, 0.5) is 0 Å². The van der Waals surface area contributed by atoms with Gasteiger partial charge in [0.1, 0.15) is 5.84 Å². The van der Waals surface area contributed by atoms with Gasteiger partial charge in [0, 0.05) is 19.5 Å². The average molecular weight is 290 g/mol. The zero-order valence-electron chi connectivity index (χ0n) is 10.2. The van der Waals surface area contributed by atoms with Crippen molar-refractivity contribution in [2.24, 2.45) is 10.9 Å². The van der Waals surface area contributed by atoms with Gasteiger partial charge in [-0.3, -0.25) is 4.90 Å². The summed E-state index contributed by atoms with van der Waals surface area (Å²) < 4.78 is 0. The normalized spacial score (nSPS) is 12.1. The molecule has 0 heterocycles. The number of nitrogens with two attached hydrogens (primary N) is 1. The van der Waals surface area contributed by atoms with Crippen molar-refractivity contribution < 1.29 is 5.21 Å². The van der Waals surface area contributed by atoms with E-state index in [1.165, 1.54) is 0 Å². The Bertz CT molecular complexity index is 424. The van der Waals surface area contributed by atoms with Crippen molar-refractivity contribution in [2.45, 2.75) is 19.9 Å². The lowest BCUT2D eigenvalue weighted by Gasteiger charge is -2.20. The molecule has 0 bridgehead atoms. The van der Waals surface area contributed by atoms with Gasteiger partial charge in [-0.25, -0.2) is 0 Å². The molecule has 0 unspecified atom stereocenters. The number of rotatable bonds is 6. The molecule has 0 atom stereocenters. The van der Waals surface area contributed by atoms with Crippen molar-refractivity contribution in [3.05, 3.63) is 33.8 Å². The largest absolute Gasteiger partial charge is 0.409 e. The Morgan fingerprint density at radius 2 is 2.17 bits per heavy atom. The Morgan fingerprint density at radius 3 is 2.78 bits per heavy atom. The summed E-state index contributed by atoms with van der Waals surface area (Å²) in [6.45, 7) is 4.29. The van der Waals surface area contributed by atoms with E-state index in [1.54, 1.807) is 6.07 Å². The summed E-state index contributed by atoms with van der Waals surface area (Å²) in [6.07, 6.45) is 0.516. The van der Waals surface area contributed by atoms with Crippen LogP contribution in [0.1, 0.15) is 18.9 Å². The lowest BCUT2D eigenvalue weighted by molar-refractivity contribution is 0.283. The summed E-state index contributed by atoms with van der Waals surface area (Å²) in [7, 11) is 0. The highest BCUT2D eigenvalue weighted by atomic mass is 35.5. The molecule has 0 radical (unpaired) electrons. The number of hydrogen-bond acceptors (Lipinski definition) is 3. The van der Waals surface area contributed by atoms with Gasteiger partial charge in [-0.1, -0.05) is 47.4 Å². The SMILES string of the molecule is CCN(CC/C(N)=N/O)Cc1cccc(Cl)c1Cl. The number of oxime groups is 1. The van der Waals surface area contributed by atoms with E-state index < -0.39 is 0 Å². The molecule has 0 aliphatic heterocycles. The summed E-state index contributed by atoms with van der Waals surface area (Å²) in [6, 6.07) is 5.58. The van der Waals surface area contributed by atoms with E-state index >= 15 is 0 Å². The van der Waals surface area contributed by atoms with Gasteiger partial charge in [0.25, 0.3) is 0 Å². The molecular formula is C12H17Cl2N3O. The number of amidine groups is 1. The smallest absolute Gasteiger partial charge is 0.140 e.